The fraction of sp³-hybridized carbons (Fsp3) is 0.727. The fourth-order valence-electron chi connectivity index (χ4n) is 1.96. The molecule has 0 N–H and O–H groups in total. The molecule has 0 amide bonds. The van der Waals surface area contributed by atoms with Gasteiger partial charge < -0.3 is 4.74 Å². The Morgan fingerprint density at radius 2 is 2.36 bits per heavy atom. The van der Waals surface area contributed by atoms with Gasteiger partial charge in [0.25, 0.3) is 0 Å². The van der Waals surface area contributed by atoms with Crippen molar-refractivity contribution in [2.24, 2.45) is 0 Å². The van der Waals surface area contributed by atoms with E-state index in [2.05, 4.69) is 18.9 Å². The zero-order valence-electron chi connectivity index (χ0n) is 9.41. The maximum atomic E-state index is 11.4. The molecule has 0 radical (unpaired) electrons. The van der Waals surface area contributed by atoms with Crippen LogP contribution in [0.4, 0.5) is 0 Å². The molecule has 0 aromatic carbocycles. The molecule has 0 spiro atoms. The predicted molar refractivity (Wildman–Crippen MR) is 56.0 cm³/mol. The van der Waals surface area contributed by atoms with Crippen molar-refractivity contribution in [1.29, 1.82) is 0 Å². The molecule has 3 nitrogen and oxygen atoms in total. The Hall–Kier alpha value is -0.830. The van der Waals surface area contributed by atoms with Crippen molar-refractivity contribution in [3.63, 3.8) is 0 Å². The SMILES string of the molecule is CC[C@@H]1CC=C(C(=O)OC)C(C)N1C. The van der Waals surface area contributed by atoms with Crippen LogP contribution < -0.4 is 0 Å². The first-order chi connectivity index (χ1) is 6.61. The normalized spacial score (nSPS) is 28.4. The molecule has 1 unspecified atom stereocenters. The van der Waals surface area contributed by atoms with Crippen LogP contribution in [-0.4, -0.2) is 37.1 Å². The molecular formula is C11H19NO2. The number of esters is 1. The van der Waals surface area contributed by atoms with Gasteiger partial charge in [0.1, 0.15) is 0 Å². The summed E-state index contributed by atoms with van der Waals surface area (Å²) in [5, 5.41) is 0. The molecule has 0 bridgehead atoms. The third-order valence-electron chi connectivity index (χ3n) is 3.14. The van der Waals surface area contributed by atoms with Crippen molar-refractivity contribution >= 4 is 5.97 Å². The molecule has 0 fully saturated rings. The molecule has 1 rings (SSSR count). The summed E-state index contributed by atoms with van der Waals surface area (Å²) in [6.07, 6.45) is 4.08. The molecular weight excluding hydrogens is 178 g/mol. The molecule has 80 valence electrons. The minimum absolute atomic E-state index is 0.168. The molecule has 0 saturated carbocycles. The Bertz CT molecular complexity index is 248. The summed E-state index contributed by atoms with van der Waals surface area (Å²) < 4.78 is 4.74. The molecule has 1 aliphatic heterocycles. The Morgan fingerprint density at radius 3 is 2.86 bits per heavy atom. The van der Waals surface area contributed by atoms with E-state index in [-0.39, 0.29) is 12.0 Å². The van der Waals surface area contributed by atoms with Crippen LogP contribution in [0.5, 0.6) is 0 Å². The minimum Gasteiger partial charge on any atom is -0.466 e. The van der Waals surface area contributed by atoms with Crippen LogP contribution in [0.15, 0.2) is 11.6 Å². The summed E-state index contributed by atoms with van der Waals surface area (Å²) in [6.45, 7) is 4.22. The van der Waals surface area contributed by atoms with E-state index in [1.807, 2.05) is 13.0 Å². The van der Waals surface area contributed by atoms with Crippen molar-refractivity contribution in [1.82, 2.24) is 4.90 Å². The second-order valence-electron chi connectivity index (χ2n) is 3.79. The van der Waals surface area contributed by atoms with Gasteiger partial charge in [-0.3, -0.25) is 4.90 Å². The Labute approximate surface area is 85.7 Å². The van der Waals surface area contributed by atoms with Crippen LogP contribution in [-0.2, 0) is 9.53 Å². The number of likely N-dealkylation sites (N-methyl/N-ethyl adjacent to an activating group) is 1. The van der Waals surface area contributed by atoms with E-state index in [4.69, 9.17) is 4.74 Å². The lowest BCUT2D eigenvalue weighted by atomic mass is 9.95. The third kappa shape index (κ3) is 1.98. The van der Waals surface area contributed by atoms with Gasteiger partial charge >= 0.3 is 5.97 Å². The van der Waals surface area contributed by atoms with E-state index in [1.165, 1.54) is 7.11 Å². The predicted octanol–water partition coefficient (Wildman–Crippen LogP) is 1.59. The van der Waals surface area contributed by atoms with Crippen LogP contribution in [0, 0.1) is 0 Å². The van der Waals surface area contributed by atoms with E-state index >= 15 is 0 Å². The summed E-state index contributed by atoms with van der Waals surface area (Å²) in [5.74, 6) is -0.195. The van der Waals surface area contributed by atoms with Crippen molar-refractivity contribution in [2.75, 3.05) is 14.2 Å². The molecule has 2 atom stereocenters. The second kappa shape index (κ2) is 4.60. The average molecular weight is 197 g/mol. The summed E-state index contributed by atoms with van der Waals surface area (Å²) >= 11 is 0. The zero-order chi connectivity index (χ0) is 10.7. The summed E-state index contributed by atoms with van der Waals surface area (Å²) in [4.78, 5) is 13.6. The van der Waals surface area contributed by atoms with Gasteiger partial charge in [-0.15, -0.1) is 0 Å². The number of ether oxygens (including phenoxy) is 1. The third-order valence-corrected chi connectivity index (χ3v) is 3.14. The molecule has 0 aliphatic carbocycles. The zero-order valence-corrected chi connectivity index (χ0v) is 9.41. The number of nitrogens with zero attached hydrogens (tertiary/aromatic N) is 1. The largest absolute Gasteiger partial charge is 0.466 e. The number of rotatable bonds is 2. The number of methoxy groups -OCH3 is 1. The first-order valence-electron chi connectivity index (χ1n) is 5.12. The van der Waals surface area contributed by atoms with Gasteiger partial charge in [-0.25, -0.2) is 4.79 Å². The fourth-order valence-corrected chi connectivity index (χ4v) is 1.96. The van der Waals surface area contributed by atoms with Gasteiger partial charge in [0.05, 0.1) is 12.7 Å². The molecule has 0 aromatic heterocycles. The molecule has 14 heavy (non-hydrogen) atoms. The first kappa shape index (κ1) is 11.2. The van der Waals surface area contributed by atoms with Crippen LogP contribution in [0.1, 0.15) is 26.7 Å². The van der Waals surface area contributed by atoms with E-state index in [0.29, 0.717) is 6.04 Å². The minimum atomic E-state index is -0.195. The van der Waals surface area contributed by atoms with E-state index in [0.717, 1.165) is 18.4 Å². The highest BCUT2D eigenvalue weighted by molar-refractivity contribution is 5.89. The highest BCUT2D eigenvalue weighted by Crippen LogP contribution is 2.23. The number of hydrogen-bond donors (Lipinski definition) is 0. The first-order valence-corrected chi connectivity index (χ1v) is 5.12. The molecule has 0 saturated heterocycles. The van der Waals surface area contributed by atoms with Crippen LogP contribution >= 0.6 is 0 Å². The second-order valence-corrected chi connectivity index (χ2v) is 3.79. The van der Waals surface area contributed by atoms with E-state index < -0.39 is 0 Å². The van der Waals surface area contributed by atoms with Crippen LogP contribution in [0.25, 0.3) is 0 Å². The van der Waals surface area contributed by atoms with Crippen molar-refractivity contribution in [3.05, 3.63) is 11.6 Å². The van der Waals surface area contributed by atoms with Crippen LogP contribution in [0.2, 0.25) is 0 Å². The highest BCUT2D eigenvalue weighted by atomic mass is 16.5. The quantitative estimate of drug-likeness (QED) is 0.630. The average Bonchev–Trinajstić information content (AvgIpc) is 2.21. The number of carbonyl (C=O) groups is 1. The monoisotopic (exact) mass is 197 g/mol. The Morgan fingerprint density at radius 1 is 1.71 bits per heavy atom. The summed E-state index contributed by atoms with van der Waals surface area (Å²) in [7, 11) is 3.50. The van der Waals surface area contributed by atoms with Gasteiger partial charge in [0.2, 0.25) is 0 Å². The highest BCUT2D eigenvalue weighted by Gasteiger charge is 2.29. The molecule has 0 aromatic rings. The Balaban J connectivity index is 2.80. The van der Waals surface area contributed by atoms with Gasteiger partial charge in [0.15, 0.2) is 0 Å². The van der Waals surface area contributed by atoms with Gasteiger partial charge in [-0.2, -0.15) is 0 Å². The molecule has 1 heterocycles. The Kier molecular flexibility index (Phi) is 3.69. The van der Waals surface area contributed by atoms with Crippen molar-refractivity contribution in [3.8, 4) is 0 Å². The maximum Gasteiger partial charge on any atom is 0.335 e. The van der Waals surface area contributed by atoms with Gasteiger partial charge in [-0.1, -0.05) is 13.0 Å². The van der Waals surface area contributed by atoms with E-state index in [9.17, 15) is 4.79 Å². The van der Waals surface area contributed by atoms with Crippen molar-refractivity contribution < 1.29 is 9.53 Å². The topological polar surface area (TPSA) is 29.5 Å². The lowest BCUT2D eigenvalue weighted by Crippen LogP contribution is -2.43. The number of carbonyl (C=O) groups excluding carboxylic acids is 1. The molecule has 3 heteroatoms. The van der Waals surface area contributed by atoms with Crippen molar-refractivity contribution in [2.45, 2.75) is 38.8 Å². The summed E-state index contributed by atoms with van der Waals surface area (Å²) in [5.41, 5.74) is 0.791. The maximum absolute atomic E-state index is 11.4. The lowest BCUT2D eigenvalue weighted by Gasteiger charge is -2.36. The smallest absolute Gasteiger partial charge is 0.335 e. The molecule has 1 aliphatic rings. The van der Waals surface area contributed by atoms with Gasteiger partial charge in [-0.05, 0) is 26.8 Å². The summed E-state index contributed by atoms with van der Waals surface area (Å²) in [6, 6.07) is 0.722. The van der Waals surface area contributed by atoms with Crippen LogP contribution in [0.3, 0.4) is 0 Å². The van der Waals surface area contributed by atoms with E-state index in [1.54, 1.807) is 0 Å². The lowest BCUT2D eigenvalue weighted by molar-refractivity contribution is -0.137. The van der Waals surface area contributed by atoms with Gasteiger partial charge in [0, 0.05) is 12.1 Å². The number of hydrogen-bond acceptors (Lipinski definition) is 3. The standard InChI is InChI=1S/C11H19NO2/c1-5-9-6-7-10(11(13)14-4)8(2)12(9)3/h7-9H,5-6H2,1-4H3/t8?,9-/m1/s1.